The van der Waals surface area contributed by atoms with Gasteiger partial charge in [0.1, 0.15) is 11.7 Å². The first-order valence-electron chi connectivity index (χ1n) is 10.1. The number of phenols is 1. The van der Waals surface area contributed by atoms with Crippen molar-refractivity contribution in [1.82, 2.24) is 5.43 Å². The molecule has 5 nitrogen and oxygen atoms in total. The molecular formula is C25H26N2O3. The molecule has 2 N–H and O–H groups in total. The van der Waals surface area contributed by atoms with Gasteiger partial charge in [-0.3, -0.25) is 15.0 Å². The Labute approximate surface area is 176 Å². The van der Waals surface area contributed by atoms with Gasteiger partial charge in [0.2, 0.25) is 0 Å². The minimum absolute atomic E-state index is 0.144. The molecule has 0 aromatic heterocycles. The number of carbonyl (C=O) groups is 2. The Bertz CT molecular complexity index is 974. The van der Waals surface area contributed by atoms with E-state index in [0.717, 1.165) is 24.0 Å². The van der Waals surface area contributed by atoms with Gasteiger partial charge in [-0.1, -0.05) is 86.5 Å². The quantitative estimate of drug-likeness (QED) is 0.595. The van der Waals surface area contributed by atoms with E-state index in [9.17, 15) is 14.7 Å². The van der Waals surface area contributed by atoms with E-state index in [1.54, 1.807) is 18.2 Å². The van der Waals surface area contributed by atoms with Crippen molar-refractivity contribution in [2.75, 3.05) is 5.01 Å². The maximum Gasteiger partial charge on any atom is 0.258 e. The number of carbonyl (C=O) groups excluding carboxylic acids is 2. The smallest absolute Gasteiger partial charge is 0.258 e. The maximum absolute atomic E-state index is 12.1. The highest BCUT2D eigenvalue weighted by molar-refractivity contribution is 6.14. The fourth-order valence-corrected chi connectivity index (χ4v) is 3.28. The lowest BCUT2D eigenvalue weighted by Crippen LogP contribution is -2.35. The number of rotatable bonds is 5. The fraction of sp³-hybridized carbons (Fsp3) is 0.200. The van der Waals surface area contributed by atoms with Gasteiger partial charge in [0, 0.05) is 5.56 Å². The predicted molar refractivity (Wildman–Crippen MR) is 119 cm³/mol. The summed E-state index contributed by atoms with van der Waals surface area (Å²) in [5.41, 5.74) is 5.26. The number of para-hydroxylation sites is 2. The number of nitrogens with one attached hydrogen (secondary N) is 1. The molecule has 1 aliphatic rings. The van der Waals surface area contributed by atoms with E-state index in [2.05, 4.69) is 5.43 Å². The molecule has 5 heteroatoms. The molecule has 0 aliphatic carbocycles. The van der Waals surface area contributed by atoms with Crippen LogP contribution in [0.2, 0.25) is 0 Å². The summed E-state index contributed by atoms with van der Waals surface area (Å²) in [5.74, 6) is -0.522. The van der Waals surface area contributed by atoms with Gasteiger partial charge >= 0.3 is 0 Å². The summed E-state index contributed by atoms with van der Waals surface area (Å²) in [5, 5.41) is 10.9. The first-order valence-corrected chi connectivity index (χ1v) is 10.1. The number of nitrogens with zero attached hydrogens (tertiary/aromatic N) is 1. The topological polar surface area (TPSA) is 69.6 Å². The van der Waals surface area contributed by atoms with Crippen LogP contribution in [0.1, 0.15) is 26.2 Å². The number of anilines is 1. The molecule has 0 bridgehead atoms. The molecule has 1 saturated heterocycles. The number of hydrazine groups is 1. The van der Waals surface area contributed by atoms with Crippen molar-refractivity contribution >= 4 is 17.5 Å². The van der Waals surface area contributed by atoms with E-state index >= 15 is 0 Å². The van der Waals surface area contributed by atoms with Crippen molar-refractivity contribution in [2.24, 2.45) is 5.92 Å². The van der Waals surface area contributed by atoms with Crippen LogP contribution in [-0.4, -0.2) is 16.9 Å². The first kappa shape index (κ1) is 21.1. The number of benzene rings is 3. The summed E-state index contributed by atoms with van der Waals surface area (Å²) in [6.45, 7) is 2.05. The van der Waals surface area contributed by atoms with Crippen LogP contribution in [0.4, 0.5) is 5.69 Å². The molecule has 4 rings (SSSR count). The average molecular weight is 402 g/mol. The van der Waals surface area contributed by atoms with Gasteiger partial charge in [-0.25, -0.2) is 5.01 Å². The summed E-state index contributed by atoms with van der Waals surface area (Å²) in [6, 6.07) is 26.4. The summed E-state index contributed by atoms with van der Waals surface area (Å²) < 4.78 is 0. The highest BCUT2D eigenvalue weighted by Gasteiger charge is 2.39. The van der Waals surface area contributed by atoms with Crippen molar-refractivity contribution in [3.05, 3.63) is 84.9 Å². The van der Waals surface area contributed by atoms with E-state index in [0.29, 0.717) is 17.9 Å². The van der Waals surface area contributed by atoms with E-state index in [4.69, 9.17) is 0 Å². The van der Waals surface area contributed by atoms with Crippen LogP contribution in [0, 0.1) is 5.92 Å². The van der Waals surface area contributed by atoms with Gasteiger partial charge in [0.25, 0.3) is 11.8 Å². The van der Waals surface area contributed by atoms with E-state index < -0.39 is 5.92 Å². The summed E-state index contributed by atoms with van der Waals surface area (Å²) in [4.78, 5) is 23.8. The van der Waals surface area contributed by atoms with Crippen LogP contribution in [-0.2, 0) is 9.59 Å². The van der Waals surface area contributed by atoms with Crippen LogP contribution in [0.15, 0.2) is 84.9 Å². The average Bonchev–Trinajstić information content (AvgIpc) is 3.07. The highest BCUT2D eigenvalue weighted by atomic mass is 16.3. The van der Waals surface area contributed by atoms with Crippen molar-refractivity contribution in [1.29, 1.82) is 0 Å². The number of phenolic OH excluding ortho intramolecular Hbond substituents is 1. The third-order valence-corrected chi connectivity index (χ3v) is 4.91. The Hall–Kier alpha value is -3.60. The largest absolute Gasteiger partial charge is 0.507 e. The number of hydrogen-bond donors (Lipinski definition) is 2. The second-order valence-corrected chi connectivity index (χ2v) is 7.06. The lowest BCUT2D eigenvalue weighted by atomic mass is 10.0. The Balaban J connectivity index is 0.000000177. The van der Waals surface area contributed by atoms with Gasteiger partial charge in [0.05, 0.1) is 5.69 Å². The molecule has 2 amide bonds. The van der Waals surface area contributed by atoms with E-state index in [-0.39, 0.29) is 11.8 Å². The van der Waals surface area contributed by atoms with Gasteiger partial charge in [-0.05, 0) is 30.2 Å². The van der Waals surface area contributed by atoms with Crippen molar-refractivity contribution < 1.29 is 14.7 Å². The van der Waals surface area contributed by atoms with E-state index in [1.807, 2.05) is 73.7 Å². The van der Waals surface area contributed by atoms with Crippen LogP contribution in [0.3, 0.4) is 0 Å². The molecule has 154 valence electrons. The molecule has 1 unspecified atom stereocenters. The SMILES string of the molecule is CCCCC1C(=O)NN(c2ccccc2)C1=O.Oc1ccccc1-c1ccccc1. The predicted octanol–water partition coefficient (Wildman–Crippen LogP) is 4.93. The zero-order valence-corrected chi connectivity index (χ0v) is 17.0. The van der Waals surface area contributed by atoms with Gasteiger partial charge in [-0.2, -0.15) is 0 Å². The van der Waals surface area contributed by atoms with Crippen LogP contribution < -0.4 is 10.4 Å². The summed E-state index contributed by atoms with van der Waals surface area (Å²) in [7, 11) is 0. The third kappa shape index (κ3) is 5.06. The Kier molecular flexibility index (Phi) is 7.22. The number of hydrogen-bond acceptors (Lipinski definition) is 3. The Morgan fingerprint density at radius 1 is 0.867 bits per heavy atom. The molecule has 1 atom stereocenters. The van der Waals surface area contributed by atoms with Crippen LogP contribution in [0.25, 0.3) is 11.1 Å². The number of aromatic hydroxyl groups is 1. The van der Waals surface area contributed by atoms with Crippen molar-refractivity contribution in [2.45, 2.75) is 26.2 Å². The summed E-state index contributed by atoms with van der Waals surface area (Å²) in [6.07, 6.45) is 2.51. The number of amides is 2. The minimum Gasteiger partial charge on any atom is -0.507 e. The lowest BCUT2D eigenvalue weighted by Gasteiger charge is -2.14. The van der Waals surface area contributed by atoms with Gasteiger partial charge in [0.15, 0.2) is 0 Å². The second-order valence-electron chi connectivity index (χ2n) is 7.06. The second kappa shape index (κ2) is 10.3. The monoisotopic (exact) mass is 402 g/mol. The lowest BCUT2D eigenvalue weighted by molar-refractivity contribution is -0.127. The van der Waals surface area contributed by atoms with Crippen molar-refractivity contribution in [3.8, 4) is 16.9 Å². The molecule has 3 aromatic rings. The first-order chi connectivity index (χ1) is 14.6. The summed E-state index contributed by atoms with van der Waals surface area (Å²) >= 11 is 0. The minimum atomic E-state index is -0.518. The zero-order chi connectivity index (χ0) is 21.3. The molecule has 1 aliphatic heterocycles. The maximum atomic E-state index is 12.1. The molecule has 1 heterocycles. The highest BCUT2D eigenvalue weighted by Crippen LogP contribution is 2.27. The molecular weight excluding hydrogens is 376 g/mol. The molecule has 0 spiro atoms. The molecule has 0 saturated carbocycles. The number of unbranched alkanes of at least 4 members (excludes halogenated alkanes) is 1. The van der Waals surface area contributed by atoms with Gasteiger partial charge in [-0.15, -0.1) is 0 Å². The Morgan fingerprint density at radius 3 is 2.10 bits per heavy atom. The van der Waals surface area contributed by atoms with E-state index in [1.165, 1.54) is 5.01 Å². The zero-order valence-electron chi connectivity index (χ0n) is 17.0. The molecule has 3 aromatic carbocycles. The third-order valence-electron chi connectivity index (χ3n) is 4.91. The molecule has 30 heavy (non-hydrogen) atoms. The van der Waals surface area contributed by atoms with Crippen LogP contribution in [0.5, 0.6) is 5.75 Å². The fourth-order valence-electron chi connectivity index (χ4n) is 3.28. The van der Waals surface area contributed by atoms with Crippen LogP contribution >= 0.6 is 0 Å². The standard InChI is InChI=1S/C13H16N2O2.C12H10O/c1-2-3-9-11-12(16)14-15(13(11)17)10-7-5-4-6-8-10;13-12-9-5-4-8-11(12)10-6-2-1-3-7-10/h4-8,11H,2-3,9H2,1H3,(H,14,16);1-9,13H. The normalized spacial score (nSPS) is 15.4. The van der Waals surface area contributed by atoms with Gasteiger partial charge < -0.3 is 5.11 Å². The Morgan fingerprint density at radius 2 is 1.47 bits per heavy atom. The molecule has 1 fully saturated rings. The molecule has 0 radical (unpaired) electrons. The van der Waals surface area contributed by atoms with Crippen molar-refractivity contribution in [3.63, 3.8) is 0 Å².